The normalized spacial score (nSPS) is 17.2. The van der Waals surface area contributed by atoms with Crippen molar-refractivity contribution in [3.05, 3.63) is 0 Å². The van der Waals surface area contributed by atoms with Gasteiger partial charge in [-0.05, 0) is 13.5 Å². The molecule has 1 amide bonds. The highest BCUT2D eigenvalue weighted by atomic mass is 35.5. The minimum atomic E-state index is -2.98. The molecule has 1 rings (SSSR count). The predicted molar refractivity (Wildman–Crippen MR) is 92.4 cm³/mol. The van der Waals surface area contributed by atoms with Crippen molar-refractivity contribution in [2.45, 2.75) is 33.2 Å². The van der Waals surface area contributed by atoms with E-state index >= 15 is 0 Å². The molecule has 1 atom stereocenters. The molecular weight excluding hydrogens is 326 g/mol. The molecule has 0 bridgehead atoms. The summed E-state index contributed by atoms with van der Waals surface area (Å²) in [6, 6.07) is -0.0456. The van der Waals surface area contributed by atoms with Crippen molar-refractivity contribution < 1.29 is 13.2 Å². The van der Waals surface area contributed by atoms with Crippen LogP contribution in [0.3, 0.4) is 0 Å². The fourth-order valence-corrected chi connectivity index (χ4v) is 3.77. The molecule has 0 aromatic rings. The lowest BCUT2D eigenvalue weighted by Gasteiger charge is -2.30. The van der Waals surface area contributed by atoms with E-state index in [9.17, 15) is 13.2 Å². The second-order valence-corrected chi connectivity index (χ2v) is 7.96. The van der Waals surface area contributed by atoms with Crippen molar-refractivity contribution in [3.63, 3.8) is 0 Å². The van der Waals surface area contributed by atoms with E-state index in [4.69, 9.17) is 0 Å². The first kappa shape index (κ1) is 21.6. The van der Waals surface area contributed by atoms with Gasteiger partial charge in [0, 0.05) is 50.9 Å². The van der Waals surface area contributed by atoms with Crippen LogP contribution in [0.25, 0.3) is 0 Å². The number of nitrogens with zero attached hydrogens (tertiary/aromatic N) is 2. The van der Waals surface area contributed by atoms with Crippen LogP contribution < -0.4 is 5.32 Å². The molecule has 0 spiro atoms. The van der Waals surface area contributed by atoms with E-state index in [0.29, 0.717) is 13.0 Å². The maximum atomic E-state index is 12.1. The monoisotopic (exact) mass is 355 g/mol. The Bertz CT molecular complexity index is 425. The first-order valence-electron chi connectivity index (χ1n) is 7.82. The van der Waals surface area contributed by atoms with E-state index in [1.807, 2.05) is 18.7 Å². The Morgan fingerprint density at radius 2 is 1.86 bits per heavy atom. The lowest BCUT2D eigenvalue weighted by Crippen LogP contribution is -2.47. The lowest BCUT2D eigenvalue weighted by atomic mass is 10.2. The van der Waals surface area contributed by atoms with E-state index in [-0.39, 0.29) is 35.9 Å². The third-order valence-corrected chi connectivity index (χ3v) is 5.92. The van der Waals surface area contributed by atoms with E-state index < -0.39 is 9.84 Å². The van der Waals surface area contributed by atoms with Gasteiger partial charge in [0.1, 0.15) is 0 Å². The Labute approximate surface area is 140 Å². The number of halogens is 1. The maximum absolute atomic E-state index is 12.1. The van der Waals surface area contributed by atoms with Gasteiger partial charge in [0.05, 0.1) is 5.75 Å². The van der Waals surface area contributed by atoms with Gasteiger partial charge in [-0.1, -0.05) is 13.8 Å². The maximum Gasteiger partial charge on any atom is 0.223 e. The first-order chi connectivity index (χ1) is 9.89. The predicted octanol–water partition coefficient (Wildman–Crippen LogP) is 0.375. The highest BCUT2D eigenvalue weighted by Gasteiger charge is 2.21. The van der Waals surface area contributed by atoms with Gasteiger partial charge in [0.25, 0.3) is 0 Å². The average molecular weight is 356 g/mol. The molecule has 1 aliphatic rings. The summed E-state index contributed by atoms with van der Waals surface area (Å²) in [6.07, 6.45) is 0.463. The number of hydrogen-bond donors (Lipinski definition) is 1. The molecule has 22 heavy (non-hydrogen) atoms. The smallest absolute Gasteiger partial charge is 0.223 e. The molecule has 1 N–H and O–H groups in total. The fraction of sp³-hybridized carbons (Fsp3) is 0.929. The first-order valence-corrected chi connectivity index (χ1v) is 9.64. The standard InChI is InChI=1S/C14H29N3O3S.ClH/c1-4-16(13(3)12-21(19,20)5-2)9-6-14(18)17-10-7-15-8-11-17;/h13,15H,4-12H2,1-3H3;1H. The second kappa shape index (κ2) is 10.4. The molecule has 132 valence electrons. The number of sulfone groups is 1. The van der Waals surface area contributed by atoms with E-state index in [1.165, 1.54) is 0 Å². The molecular formula is C14H30ClN3O3S. The molecule has 0 radical (unpaired) electrons. The molecule has 1 aliphatic heterocycles. The molecule has 1 saturated heterocycles. The summed E-state index contributed by atoms with van der Waals surface area (Å²) >= 11 is 0. The number of nitrogens with one attached hydrogen (secondary N) is 1. The lowest BCUT2D eigenvalue weighted by molar-refractivity contribution is -0.132. The van der Waals surface area contributed by atoms with Gasteiger partial charge >= 0.3 is 0 Å². The Morgan fingerprint density at radius 1 is 1.27 bits per heavy atom. The fourth-order valence-electron chi connectivity index (χ4n) is 2.59. The summed E-state index contributed by atoms with van der Waals surface area (Å²) in [5.74, 6) is 0.508. The van der Waals surface area contributed by atoms with Crippen molar-refractivity contribution in [2.24, 2.45) is 0 Å². The Balaban J connectivity index is 0.00000441. The number of amides is 1. The van der Waals surface area contributed by atoms with Crippen LogP contribution in [0.15, 0.2) is 0 Å². The van der Waals surface area contributed by atoms with Crippen LogP contribution in [-0.2, 0) is 14.6 Å². The molecule has 0 aromatic carbocycles. The van der Waals surface area contributed by atoms with E-state index in [2.05, 4.69) is 10.2 Å². The molecule has 0 aromatic heterocycles. The molecule has 1 heterocycles. The average Bonchev–Trinajstić information content (AvgIpc) is 2.48. The summed E-state index contributed by atoms with van der Waals surface area (Å²) < 4.78 is 23.4. The van der Waals surface area contributed by atoms with Gasteiger partial charge in [-0.3, -0.25) is 9.69 Å². The van der Waals surface area contributed by atoms with Gasteiger partial charge in [0.2, 0.25) is 5.91 Å². The number of rotatable bonds is 8. The summed E-state index contributed by atoms with van der Waals surface area (Å²) in [5, 5.41) is 3.23. The Hall–Kier alpha value is -0.370. The summed E-state index contributed by atoms with van der Waals surface area (Å²) in [4.78, 5) is 16.1. The third-order valence-electron chi connectivity index (χ3n) is 4.05. The van der Waals surface area contributed by atoms with Crippen LogP contribution in [0.2, 0.25) is 0 Å². The Morgan fingerprint density at radius 3 is 2.36 bits per heavy atom. The zero-order chi connectivity index (χ0) is 15.9. The molecule has 1 unspecified atom stereocenters. The minimum Gasteiger partial charge on any atom is -0.340 e. The summed E-state index contributed by atoms with van der Waals surface area (Å²) in [5.41, 5.74) is 0. The number of carbonyl (C=O) groups is 1. The van der Waals surface area contributed by atoms with Crippen LogP contribution in [-0.4, -0.2) is 80.9 Å². The molecule has 6 nitrogen and oxygen atoms in total. The molecule has 8 heteroatoms. The van der Waals surface area contributed by atoms with Gasteiger partial charge in [-0.2, -0.15) is 0 Å². The Kier molecular flexibility index (Phi) is 10.2. The molecule has 1 fully saturated rings. The van der Waals surface area contributed by atoms with Crippen molar-refractivity contribution in [1.82, 2.24) is 15.1 Å². The third kappa shape index (κ3) is 7.26. The zero-order valence-corrected chi connectivity index (χ0v) is 15.5. The summed E-state index contributed by atoms with van der Waals surface area (Å²) in [7, 11) is -2.98. The topological polar surface area (TPSA) is 69.7 Å². The van der Waals surface area contributed by atoms with Crippen LogP contribution >= 0.6 is 12.4 Å². The van der Waals surface area contributed by atoms with Crippen molar-refractivity contribution in [2.75, 3.05) is 50.8 Å². The van der Waals surface area contributed by atoms with Crippen LogP contribution in [0.1, 0.15) is 27.2 Å². The zero-order valence-electron chi connectivity index (χ0n) is 13.9. The molecule has 0 aliphatic carbocycles. The number of hydrogen-bond acceptors (Lipinski definition) is 5. The van der Waals surface area contributed by atoms with Gasteiger partial charge in [-0.15, -0.1) is 12.4 Å². The van der Waals surface area contributed by atoms with Crippen LogP contribution in [0.5, 0.6) is 0 Å². The van der Waals surface area contributed by atoms with Crippen LogP contribution in [0.4, 0.5) is 0 Å². The SMILES string of the molecule is CCN(CCC(=O)N1CCNCC1)C(C)CS(=O)(=O)CC.Cl. The van der Waals surface area contributed by atoms with Gasteiger partial charge in [-0.25, -0.2) is 8.42 Å². The second-order valence-electron chi connectivity index (χ2n) is 5.56. The number of piperazine rings is 1. The highest BCUT2D eigenvalue weighted by molar-refractivity contribution is 7.91. The van der Waals surface area contributed by atoms with E-state index in [0.717, 1.165) is 32.7 Å². The highest BCUT2D eigenvalue weighted by Crippen LogP contribution is 2.06. The molecule has 0 saturated carbocycles. The van der Waals surface area contributed by atoms with Gasteiger partial charge in [0.15, 0.2) is 9.84 Å². The van der Waals surface area contributed by atoms with Crippen LogP contribution in [0, 0.1) is 0 Å². The van der Waals surface area contributed by atoms with E-state index in [1.54, 1.807) is 6.92 Å². The van der Waals surface area contributed by atoms with Crippen molar-refractivity contribution in [1.29, 1.82) is 0 Å². The largest absolute Gasteiger partial charge is 0.340 e. The minimum absolute atomic E-state index is 0. The van der Waals surface area contributed by atoms with Crippen molar-refractivity contribution >= 4 is 28.2 Å². The quantitative estimate of drug-likeness (QED) is 0.681. The summed E-state index contributed by atoms with van der Waals surface area (Å²) in [6.45, 7) is 10.2. The number of carbonyl (C=O) groups excluding carboxylic acids is 1. The van der Waals surface area contributed by atoms with Crippen molar-refractivity contribution in [3.8, 4) is 0 Å². The van der Waals surface area contributed by atoms with Gasteiger partial charge < -0.3 is 10.2 Å².